The molecule has 0 radical (unpaired) electrons. The monoisotopic (exact) mass is 382 g/mol. The standard InChI is InChI=1S/C22H32O4.Na/c1-17(19-9-3-2-4-10-19)7-5-11-20(23)13-12-18-8-6-14-22(26,15-18)16-21(24)25;/h2-4,9-10,12-13,17-18,20,23,26H,5-8,11,14-16H2,1H3,(H,24,25);/q;+1/p-1/b13-12+;/t17?,18-,20-,22+;/m1./s1. The van der Waals surface area contributed by atoms with E-state index >= 15 is 0 Å². The van der Waals surface area contributed by atoms with Crippen LogP contribution >= 0.6 is 0 Å². The summed E-state index contributed by atoms with van der Waals surface area (Å²) < 4.78 is 0. The third-order valence-corrected chi connectivity index (χ3v) is 5.44. The molecule has 0 aromatic heterocycles. The van der Waals surface area contributed by atoms with Gasteiger partial charge in [-0.05, 0) is 62.3 Å². The van der Waals surface area contributed by atoms with Gasteiger partial charge in [-0.1, -0.05) is 49.4 Å². The van der Waals surface area contributed by atoms with Crippen LogP contribution in [0.5, 0.6) is 0 Å². The Bertz CT molecular complexity index is 589. The number of hydrogen-bond donors (Lipinski definition) is 2. The summed E-state index contributed by atoms with van der Waals surface area (Å²) in [4.78, 5) is 10.8. The number of aliphatic hydroxyl groups is 2. The first-order valence-corrected chi connectivity index (χ1v) is 9.71. The van der Waals surface area contributed by atoms with E-state index in [1.165, 1.54) is 5.56 Å². The minimum absolute atomic E-state index is 0. The van der Waals surface area contributed by atoms with Gasteiger partial charge in [-0.25, -0.2) is 0 Å². The molecular weight excluding hydrogens is 351 g/mol. The van der Waals surface area contributed by atoms with Crippen LogP contribution in [0.1, 0.15) is 69.8 Å². The van der Waals surface area contributed by atoms with Crippen LogP contribution < -0.4 is 34.7 Å². The summed E-state index contributed by atoms with van der Waals surface area (Å²) in [7, 11) is 0. The number of benzene rings is 1. The Hall–Kier alpha value is -0.650. The largest absolute Gasteiger partial charge is 1.00 e. The topological polar surface area (TPSA) is 80.6 Å². The molecule has 27 heavy (non-hydrogen) atoms. The van der Waals surface area contributed by atoms with E-state index in [2.05, 4.69) is 31.2 Å². The summed E-state index contributed by atoms with van der Waals surface area (Å²) in [5.41, 5.74) is 0.161. The minimum atomic E-state index is -1.20. The van der Waals surface area contributed by atoms with Gasteiger partial charge >= 0.3 is 29.6 Å². The van der Waals surface area contributed by atoms with Crippen LogP contribution in [0, 0.1) is 5.92 Å². The average Bonchev–Trinajstić information content (AvgIpc) is 2.59. The molecule has 2 N–H and O–H groups in total. The second-order valence-corrected chi connectivity index (χ2v) is 7.82. The molecule has 1 aromatic rings. The van der Waals surface area contributed by atoms with Crippen LogP contribution in [-0.2, 0) is 4.79 Å². The molecule has 4 atom stereocenters. The normalized spacial score (nSPS) is 24.9. The third kappa shape index (κ3) is 8.93. The quantitative estimate of drug-likeness (QED) is 0.463. The zero-order valence-electron chi connectivity index (χ0n) is 16.6. The van der Waals surface area contributed by atoms with Crippen molar-refractivity contribution in [2.45, 2.75) is 75.9 Å². The first-order chi connectivity index (χ1) is 12.4. The molecule has 0 saturated heterocycles. The number of aliphatic hydroxyl groups excluding tert-OH is 1. The predicted molar refractivity (Wildman–Crippen MR) is 100 cm³/mol. The summed E-state index contributed by atoms with van der Waals surface area (Å²) in [5.74, 6) is -0.610. The maximum atomic E-state index is 10.8. The maximum absolute atomic E-state index is 10.8. The molecule has 1 aromatic carbocycles. The third-order valence-electron chi connectivity index (χ3n) is 5.44. The van der Waals surface area contributed by atoms with Crippen molar-refractivity contribution in [3.8, 4) is 0 Å². The summed E-state index contributed by atoms with van der Waals surface area (Å²) in [6.07, 6.45) is 8.29. The number of carboxylic acids is 1. The Labute approximate surface area is 185 Å². The molecule has 4 nitrogen and oxygen atoms in total. The summed E-state index contributed by atoms with van der Waals surface area (Å²) in [6, 6.07) is 10.4. The molecule has 1 unspecified atom stereocenters. The van der Waals surface area contributed by atoms with Gasteiger partial charge in [-0.3, -0.25) is 0 Å². The van der Waals surface area contributed by atoms with Crippen molar-refractivity contribution in [3.63, 3.8) is 0 Å². The summed E-state index contributed by atoms with van der Waals surface area (Å²) in [5, 5.41) is 31.3. The van der Waals surface area contributed by atoms with E-state index in [4.69, 9.17) is 0 Å². The zero-order valence-corrected chi connectivity index (χ0v) is 18.6. The van der Waals surface area contributed by atoms with Crippen molar-refractivity contribution in [2.75, 3.05) is 0 Å². The van der Waals surface area contributed by atoms with Gasteiger partial charge in [0.25, 0.3) is 0 Å². The van der Waals surface area contributed by atoms with Crippen LogP contribution in [0.3, 0.4) is 0 Å². The Balaban J connectivity index is 0.00000364. The number of allylic oxidation sites excluding steroid dienone is 1. The minimum Gasteiger partial charge on any atom is -0.550 e. The van der Waals surface area contributed by atoms with Gasteiger partial charge in [0.05, 0.1) is 11.7 Å². The predicted octanol–water partition coefficient (Wildman–Crippen LogP) is -0.0572. The smallest absolute Gasteiger partial charge is 0.550 e. The summed E-state index contributed by atoms with van der Waals surface area (Å²) >= 11 is 0. The van der Waals surface area contributed by atoms with Crippen LogP contribution in [0.15, 0.2) is 42.5 Å². The molecule has 1 aliphatic rings. The number of rotatable bonds is 9. The van der Waals surface area contributed by atoms with Gasteiger partial charge in [0, 0.05) is 12.4 Å². The van der Waals surface area contributed by atoms with E-state index in [0.29, 0.717) is 25.2 Å². The van der Waals surface area contributed by atoms with Crippen molar-refractivity contribution in [2.24, 2.45) is 5.92 Å². The van der Waals surface area contributed by atoms with Crippen molar-refractivity contribution in [3.05, 3.63) is 48.0 Å². The number of hydrogen-bond acceptors (Lipinski definition) is 4. The first kappa shape index (κ1) is 24.4. The fourth-order valence-electron chi connectivity index (χ4n) is 3.94. The fraction of sp³-hybridized carbons (Fsp3) is 0.591. The average molecular weight is 382 g/mol. The van der Waals surface area contributed by atoms with Gasteiger partial charge in [0.2, 0.25) is 0 Å². The molecular formula is C22H31NaO4. The van der Waals surface area contributed by atoms with E-state index in [0.717, 1.165) is 25.7 Å². The summed E-state index contributed by atoms with van der Waals surface area (Å²) in [6.45, 7) is 2.21. The van der Waals surface area contributed by atoms with E-state index in [-0.39, 0.29) is 41.9 Å². The molecule has 144 valence electrons. The molecule has 0 heterocycles. The van der Waals surface area contributed by atoms with Crippen LogP contribution in [-0.4, -0.2) is 27.9 Å². The Morgan fingerprint density at radius 3 is 2.70 bits per heavy atom. The first-order valence-electron chi connectivity index (χ1n) is 9.71. The molecule has 0 aliphatic heterocycles. The number of carbonyl (C=O) groups is 1. The zero-order chi connectivity index (χ0) is 19.0. The van der Waals surface area contributed by atoms with E-state index in [1.807, 2.05) is 18.2 Å². The van der Waals surface area contributed by atoms with Crippen molar-refractivity contribution < 1.29 is 49.7 Å². The Morgan fingerprint density at radius 1 is 1.33 bits per heavy atom. The molecule has 1 aliphatic carbocycles. The van der Waals surface area contributed by atoms with Crippen LogP contribution in [0.25, 0.3) is 0 Å². The Morgan fingerprint density at radius 2 is 2.04 bits per heavy atom. The number of carboxylic acid groups (broad SMARTS) is 1. The van der Waals surface area contributed by atoms with E-state index < -0.39 is 17.7 Å². The van der Waals surface area contributed by atoms with Gasteiger partial charge in [-0.2, -0.15) is 0 Å². The van der Waals surface area contributed by atoms with Crippen LogP contribution in [0.2, 0.25) is 0 Å². The van der Waals surface area contributed by atoms with Crippen molar-refractivity contribution >= 4 is 5.97 Å². The van der Waals surface area contributed by atoms with Gasteiger partial charge in [0.15, 0.2) is 0 Å². The molecule has 0 spiro atoms. The van der Waals surface area contributed by atoms with Crippen molar-refractivity contribution in [1.82, 2.24) is 0 Å². The van der Waals surface area contributed by atoms with E-state index in [9.17, 15) is 20.1 Å². The van der Waals surface area contributed by atoms with Crippen LogP contribution in [0.4, 0.5) is 0 Å². The Kier molecular flexibility index (Phi) is 10.9. The van der Waals surface area contributed by atoms with E-state index in [1.54, 1.807) is 0 Å². The van der Waals surface area contributed by atoms with Gasteiger partial charge < -0.3 is 20.1 Å². The molecule has 1 saturated carbocycles. The molecule has 0 amide bonds. The molecule has 2 rings (SSSR count). The van der Waals surface area contributed by atoms with Gasteiger partial charge in [0.1, 0.15) is 0 Å². The molecule has 1 fully saturated rings. The number of aliphatic carboxylic acids is 1. The SMILES string of the molecule is CC(CCC[C@@H](O)/C=C/[C@H]1CCC[C@@](O)(CC(=O)[O-])C1)c1ccccc1.[Na+]. The molecule has 5 heteroatoms. The second-order valence-electron chi connectivity index (χ2n) is 7.82. The molecule has 0 bridgehead atoms. The second kappa shape index (κ2) is 12.0. The fourth-order valence-corrected chi connectivity index (χ4v) is 3.94. The number of carbonyl (C=O) groups excluding carboxylic acids is 1. The van der Waals surface area contributed by atoms with Gasteiger partial charge in [-0.15, -0.1) is 0 Å². The maximum Gasteiger partial charge on any atom is 1.00 e. The van der Waals surface area contributed by atoms with Crippen molar-refractivity contribution in [1.29, 1.82) is 0 Å².